The van der Waals surface area contributed by atoms with Crippen LogP contribution in [0, 0.1) is 5.82 Å². The van der Waals surface area contributed by atoms with Gasteiger partial charge in [0.05, 0.1) is 11.0 Å². The molecule has 0 amide bonds. The summed E-state index contributed by atoms with van der Waals surface area (Å²) in [7, 11) is -2.35. The molecule has 0 radical (unpaired) electrons. The van der Waals surface area contributed by atoms with Gasteiger partial charge in [-0.3, -0.25) is 0 Å². The molecule has 0 aliphatic carbocycles. The number of aliphatic hydroxyl groups excluding tert-OH is 1. The largest absolute Gasteiger partial charge is 0.393 e. The number of aliphatic hydroxyl groups is 1. The molecule has 0 heterocycles. The molecule has 0 aliphatic rings. The Labute approximate surface area is 115 Å². The van der Waals surface area contributed by atoms with Crippen molar-refractivity contribution in [2.45, 2.75) is 24.3 Å². The third-order valence-electron chi connectivity index (χ3n) is 2.44. The van der Waals surface area contributed by atoms with Gasteiger partial charge >= 0.3 is 0 Å². The van der Waals surface area contributed by atoms with E-state index >= 15 is 0 Å². The van der Waals surface area contributed by atoms with Gasteiger partial charge in [0.2, 0.25) is 10.0 Å². The normalized spacial score (nSPS) is 13.9. The van der Waals surface area contributed by atoms with Crippen molar-refractivity contribution >= 4 is 26.0 Å². The fraction of sp³-hybridized carbons (Fsp3) is 0.455. The van der Waals surface area contributed by atoms with Crippen molar-refractivity contribution in [3.63, 3.8) is 0 Å². The molecular formula is C11H15BrFNO3S. The number of hydrogen-bond donors (Lipinski definition) is 1. The summed E-state index contributed by atoms with van der Waals surface area (Å²) in [6.07, 6.45) is -0.263. The Morgan fingerprint density at radius 2 is 2.11 bits per heavy atom. The predicted molar refractivity (Wildman–Crippen MR) is 70.2 cm³/mol. The Morgan fingerprint density at radius 3 is 2.67 bits per heavy atom. The van der Waals surface area contributed by atoms with E-state index < -0.39 is 21.9 Å². The molecule has 0 saturated heterocycles. The molecule has 0 bridgehead atoms. The predicted octanol–water partition coefficient (Wildman–Crippen LogP) is 1.98. The number of benzene rings is 1. The first kappa shape index (κ1) is 15.6. The van der Waals surface area contributed by atoms with Crippen LogP contribution >= 0.6 is 15.9 Å². The molecule has 0 fully saturated rings. The van der Waals surface area contributed by atoms with Gasteiger partial charge in [0.1, 0.15) is 5.82 Å². The van der Waals surface area contributed by atoms with Gasteiger partial charge < -0.3 is 5.11 Å². The van der Waals surface area contributed by atoms with Crippen molar-refractivity contribution in [1.29, 1.82) is 0 Å². The van der Waals surface area contributed by atoms with Crippen LogP contribution in [0.3, 0.4) is 0 Å². The van der Waals surface area contributed by atoms with Gasteiger partial charge in [0.25, 0.3) is 0 Å². The van der Waals surface area contributed by atoms with E-state index in [0.29, 0.717) is 10.9 Å². The fourth-order valence-electron chi connectivity index (χ4n) is 1.33. The number of halogens is 2. The summed E-state index contributed by atoms with van der Waals surface area (Å²) >= 11 is 3.09. The summed E-state index contributed by atoms with van der Waals surface area (Å²) in [6.45, 7) is 1.75. The molecule has 0 aromatic heterocycles. The van der Waals surface area contributed by atoms with Crippen molar-refractivity contribution in [3.05, 3.63) is 28.5 Å². The zero-order valence-corrected chi connectivity index (χ0v) is 12.5. The number of hydrogen-bond acceptors (Lipinski definition) is 3. The van der Waals surface area contributed by atoms with Crippen LogP contribution in [0.1, 0.15) is 13.3 Å². The molecule has 1 N–H and O–H groups in total. The van der Waals surface area contributed by atoms with Gasteiger partial charge in [-0.15, -0.1) is 0 Å². The van der Waals surface area contributed by atoms with Crippen LogP contribution in [-0.4, -0.2) is 37.5 Å². The minimum atomic E-state index is -3.75. The average Bonchev–Trinajstić information content (AvgIpc) is 2.28. The second-order valence-electron chi connectivity index (χ2n) is 4.04. The van der Waals surface area contributed by atoms with Gasteiger partial charge in [-0.2, -0.15) is 0 Å². The maximum atomic E-state index is 13.1. The van der Waals surface area contributed by atoms with Crippen LogP contribution in [0.4, 0.5) is 4.39 Å². The molecule has 0 saturated carbocycles. The Balaban J connectivity index is 3.02. The molecule has 0 aliphatic heterocycles. The monoisotopic (exact) mass is 339 g/mol. The Hall–Kier alpha value is -0.500. The highest BCUT2D eigenvalue weighted by Crippen LogP contribution is 2.25. The fourth-order valence-corrected chi connectivity index (χ4v) is 3.45. The molecule has 1 rings (SSSR count). The van der Waals surface area contributed by atoms with Crippen LogP contribution in [0.15, 0.2) is 27.6 Å². The van der Waals surface area contributed by atoms with E-state index in [0.717, 1.165) is 10.4 Å². The highest BCUT2D eigenvalue weighted by atomic mass is 79.9. The van der Waals surface area contributed by atoms with E-state index in [1.165, 1.54) is 19.2 Å². The molecule has 1 atom stereocenters. The van der Waals surface area contributed by atoms with Crippen LogP contribution in [0.2, 0.25) is 0 Å². The van der Waals surface area contributed by atoms with Crippen molar-refractivity contribution < 1.29 is 17.9 Å². The van der Waals surface area contributed by atoms with Gasteiger partial charge in [0, 0.05) is 18.1 Å². The van der Waals surface area contributed by atoms with Crippen LogP contribution in [0.25, 0.3) is 0 Å². The zero-order valence-electron chi connectivity index (χ0n) is 10.1. The Bertz CT molecular complexity index is 519. The van der Waals surface area contributed by atoms with E-state index in [9.17, 15) is 12.8 Å². The molecule has 1 aromatic carbocycles. The van der Waals surface area contributed by atoms with Gasteiger partial charge in [-0.25, -0.2) is 17.1 Å². The maximum Gasteiger partial charge on any atom is 0.244 e. The van der Waals surface area contributed by atoms with E-state index in [2.05, 4.69) is 15.9 Å². The summed E-state index contributed by atoms with van der Waals surface area (Å²) in [5.41, 5.74) is 0. The van der Waals surface area contributed by atoms with Gasteiger partial charge in [-0.05, 0) is 47.5 Å². The molecule has 1 aromatic rings. The van der Waals surface area contributed by atoms with E-state index in [1.54, 1.807) is 6.92 Å². The van der Waals surface area contributed by atoms with E-state index in [4.69, 9.17) is 5.11 Å². The second-order valence-corrected chi connectivity index (χ2v) is 6.91. The summed E-state index contributed by atoms with van der Waals surface area (Å²) in [5, 5.41) is 9.15. The third-order valence-corrected chi connectivity index (χ3v) is 5.29. The van der Waals surface area contributed by atoms with Crippen LogP contribution in [0.5, 0.6) is 0 Å². The molecule has 7 heteroatoms. The van der Waals surface area contributed by atoms with Gasteiger partial charge in [-0.1, -0.05) is 0 Å². The van der Waals surface area contributed by atoms with Crippen molar-refractivity contribution in [2.24, 2.45) is 0 Å². The average molecular weight is 340 g/mol. The summed E-state index contributed by atoms with van der Waals surface area (Å²) < 4.78 is 38.9. The summed E-state index contributed by atoms with van der Waals surface area (Å²) in [6, 6.07) is 3.50. The topological polar surface area (TPSA) is 57.6 Å². The molecular weight excluding hydrogens is 325 g/mol. The van der Waals surface area contributed by atoms with Gasteiger partial charge in [0.15, 0.2) is 0 Å². The maximum absolute atomic E-state index is 13.1. The lowest BCUT2D eigenvalue weighted by Crippen LogP contribution is -2.29. The summed E-state index contributed by atoms with van der Waals surface area (Å²) in [4.78, 5) is -0.115. The number of nitrogens with zero attached hydrogens (tertiary/aromatic N) is 1. The molecule has 0 spiro atoms. The van der Waals surface area contributed by atoms with Crippen molar-refractivity contribution in [3.8, 4) is 0 Å². The zero-order chi connectivity index (χ0) is 13.9. The van der Waals surface area contributed by atoms with E-state index in [-0.39, 0.29) is 11.4 Å². The first-order valence-corrected chi connectivity index (χ1v) is 7.58. The highest BCUT2D eigenvalue weighted by molar-refractivity contribution is 9.10. The lowest BCUT2D eigenvalue weighted by atomic mass is 10.3. The van der Waals surface area contributed by atoms with Crippen molar-refractivity contribution in [1.82, 2.24) is 4.31 Å². The smallest absolute Gasteiger partial charge is 0.244 e. The van der Waals surface area contributed by atoms with E-state index in [1.807, 2.05) is 0 Å². The quantitative estimate of drug-likeness (QED) is 0.892. The summed E-state index contributed by atoms with van der Waals surface area (Å²) in [5.74, 6) is -0.610. The molecule has 102 valence electrons. The minimum absolute atomic E-state index is 0.115. The lowest BCUT2D eigenvalue weighted by molar-refractivity contribution is 0.177. The Morgan fingerprint density at radius 1 is 1.50 bits per heavy atom. The van der Waals surface area contributed by atoms with Crippen molar-refractivity contribution in [2.75, 3.05) is 13.6 Å². The first-order valence-electron chi connectivity index (χ1n) is 5.34. The lowest BCUT2D eigenvalue weighted by Gasteiger charge is -2.18. The standard InChI is InChI=1S/C11H15BrFNO3S/c1-8(15)5-6-14(2)18(16,17)11-7-9(13)3-4-10(11)12/h3-4,7-8,15H,5-6H2,1-2H3. The first-order chi connectivity index (χ1) is 8.25. The number of sulfonamides is 1. The SMILES string of the molecule is CC(O)CCN(C)S(=O)(=O)c1cc(F)ccc1Br. The van der Waals surface area contributed by atoms with Crippen LogP contribution < -0.4 is 0 Å². The third kappa shape index (κ3) is 3.74. The second kappa shape index (κ2) is 6.10. The van der Waals surface area contributed by atoms with Crippen LogP contribution in [-0.2, 0) is 10.0 Å². The minimum Gasteiger partial charge on any atom is -0.393 e. The number of rotatable bonds is 5. The Kier molecular flexibility index (Phi) is 5.27. The molecule has 1 unspecified atom stereocenters. The molecule has 18 heavy (non-hydrogen) atoms. The highest BCUT2D eigenvalue weighted by Gasteiger charge is 2.23. The molecule has 4 nitrogen and oxygen atoms in total.